The number of hydrogen-bond acceptors (Lipinski definition) is 7. The van der Waals surface area contributed by atoms with Gasteiger partial charge in [-0.05, 0) is 13.0 Å². The number of fused-ring (bicyclic) bond motifs is 1. The Morgan fingerprint density at radius 1 is 1.33 bits per heavy atom. The van der Waals surface area contributed by atoms with Gasteiger partial charge in [-0.2, -0.15) is 0 Å². The molecule has 0 atom stereocenters. The van der Waals surface area contributed by atoms with Crippen molar-refractivity contribution in [2.45, 2.75) is 13.5 Å². The second kappa shape index (κ2) is 7.02. The molecule has 24 heavy (non-hydrogen) atoms. The average molecular weight is 333 g/mol. The Balaban J connectivity index is 1.95. The normalized spacial score (nSPS) is 15.5. The van der Waals surface area contributed by atoms with Gasteiger partial charge in [-0.1, -0.05) is 12.1 Å². The summed E-state index contributed by atoms with van der Waals surface area (Å²) < 4.78 is 15.3. The molecule has 0 radical (unpaired) electrons. The zero-order valence-electron chi connectivity index (χ0n) is 13.4. The molecule has 3 rings (SSSR count). The number of phenolic OH excluding ortho intramolecular Hbond substituents is 1. The minimum atomic E-state index is -0.820. The van der Waals surface area contributed by atoms with Crippen molar-refractivity contribution in [3.63, 3.8) is 0 Å². The van der Waals surface area contributed by atoms with Crippen LogP contribution >= 0.6 is 0 Å². The molecule has 0 amide bonds. The molecule has 1 aromatic heterocycles. The molecule has 0 aliphatic carbocycles. The van der Waals surface area contributed by atoms with Crippen molar-refractivity contribution in [3.05, 3.63) is 39.7 Å². The Morgan fingerprint density at radius 2 is 2.08 bits per heavy atom. The zero-order chi connectivity index (χ0) is 17.1. The lowest BCUT2D eigenvalue weighted by atomic mass is 10.1. The first-order valence-electron chi connectivity index (χ1n) is 7.86. The lowest BCUT2D eigenvalue weighted by molar-refractivity contribution is 0.0339. The first kappa shape index (κ1) is 16.5. The van der Waals surface area contributed by atoms with Gasteiger partial charge >= 0.3 is 11.6 Å². The Morgan fingerprint density at radius 3 is 2.79 bits per heavy atom. The summed E-state index contributed by atoms with van der Waals surface area (Å²) in [5.74, 6) is -0.809. The highest BCUT2D eigenvalue weighted by Gasteiger charge is 2.19. The molecule has 1 aromatic carbocycles. The van der Waals surface area contributed by atoms with Crippen LogP contribution in [0, 0.1) is 0 Å². The summed E-state index contributed by atoms with van der Waals surface area (Å²) in [5, 5.41) is 10.9. The molecule has 0 saturated carbocycles. The van der Waals surface area contributed by atoms with E-state index < -0.39 is 11.6 Å². The van der Waals surface area contributed by atoms with E-state index in [1.54, 1.807) is 19.1 Å². The van der Waals surface area contributed by atoms with Crippen LogP contribution in [0.4, 0.5) is 0 Å². The molecule has 2 aromatic rings. The van der Waals surface area contributed by atoms with Gasteiger partial charge in [0.05, 0.1) is 19.8 Å². The fourth-order valence-corrected chi connectivity index (χ4v) is 2.69. The lowest BCUT2D eigenvalue weighted by Crippen LogP contribution is -2.35. The molecule has 0 unspecified atom stereocenters. The first-order chi connectivity index (χ1) is 11.6. The fraction of sp³-hybridized carbons (Fsp3) is 0.412. The molecule has 128 valence electrons. The molecule has 7 nitrogen and oxygen atoms in total. The summed E-state index contributed by atoms with van der Waals surface area (Å²) in [6.07, 6.45) is 0. The van der Waals surface area contributed by atoms with Gasteiger partial charge in [0.2, 0.25) is 0 Å². The number of carbonyl (C=O) groups excluding carboxylic acids is 1. The molecule has 1 fully saturated rings. The van der Waals surface area contributed by atoms with E-state index >= 15 is 0 Å². The van der Waals surface area contributed by atoms with Gasteiger partial charge in [0, 0.05) is 30.6 Å². The van der Waals surface area contributed by atoms with Crippen LogP contribution in [-0.4, -0.2) is 48.9 Å². The molecule has 0 spiro atoms. The zero-order valence-corrected chi connectivity index (χ0v) is 13.4. The molecule has 1 saturated heterocycles. The predicted octanol–water partition coefficient (Wildman–Crippen LogP) is 1.51. The van der Waals surface area contributed by atoms with Crippen molar-refractivity contribution in [2.75, 3.05) is 32.9 Å². The van der Waals surface area contributed by atoms with Crippen molar-refractivity contribution < 1.29 is 23.8 Å². The quantitative estimate of drug-likeness (QED) is 0.670. The van der Waals surface area contributed by atoms with Crippen molar-refractivity contribution in [1.29, 1.82) is 0 Å². The maximum absolute atomic E-state index is 12.0. The molecule has 1 aliphatic rings. The fourth-order valence-electron chi connectivity index (χ4n) is 2.69. The Labute approximate surface area is 138 Å². The van der Waals surface area contributed by atoms with E-state index in [1.165, 1.54) is 6.07 Å². The summed E-state index contributed by atoms with van der Waals surface area (Å²) in [6.45, 7) is 5.24. The third kappa shape index (κ3) is 3.27. The van der Waals surface area contributed by atoms with Crippen LogP contribution in [0.25, 0.3) is 11.0 Å². The lowest BCUT2D eigenvalue weighted by Gasteiger charge is -2.26. The van der Waals surface area contributed by atoms with E-state index in [1.807, 2.05) is 0 Å². The van der Waals surface area contributed by atoms with Crippen LogP contribution in [0.15, 0.2) is 27.4 Å². The average Bonchev–Trinajstić information content (AvgIpc) is 2.58. The third-order valence-electron chi connectivity index (χ3n) is 3.95. The van der Waals surface area contributed by atoms with E-state index in [2.05, 4.69) is 4.90 Å². The maximum atomic E-state index is 12.0. The number of aromatic hydroxyl groups is 1. The molecule has 1 aliphatic heterocycles. The van der Waals surface area contributed by atoms with Gasteiger partial charge in [0.15, 0.2) is 11.3 Å². The molecule has 0 bridgehead atoms. The Bertz CT molecular complexity index is 807. The van der Waals surface area contributed by atoms with Gasteiger partial charge in [-0.3, -0.25) is 4.90 Å². The second-order valence-electron chi connectivity index (χ2n) is 5.55. The molecule has 1 N–H and O–H groups in total. The number of esters is 1. The van der Waals surface area contributed by atoms with Crippen LogP contribution in [0.5, 0.6) is 5.75 Å². The monoisotopic (exact) mass is 333 g/mol. The van der Waals surface area contributed by atoms with Crippen molar-refractivity contribution in [2.24, 2.45) is 0 Å². The minimum absolute atomic E-state index is 0.0773. The van der Waals surface area contributed by atoms with Crippen LogP contribution < -0.4 is 5.63 Å². The van der Waals surface area contributed by atoms with E-state index in [4.69, 9.17) is 13.9 Å². The summed E-state index contributed by atoms with van der Waals surface area (Å²) in [7, 11) is 0. The summed E-state index contributed by atoms with van der Waals surface area (Å²) in [4.78, 5) is 25.9. The number of rotatable bonds is 4. The standard InChI is InChI=1S/C17H19NO6/c1-2-23-16(20)13-9-11-3-4-12(10-18-5-7-22-8-6-18)14(19)15(11)24-17(13)21/h3-4,9,19H,2,5-8,10H2,1H3. The topological polar surface area (TPSA) is 89.2 Å². The van der Waals surface area contributed by atoms with Crippen LogP contribution in [0.1, 0.15) is 22.8 Å². The van der Waals surface area contributed by atoms with Gasteiger partial charge in [-0.25, -0.2) is 9.59 Å². The number of nitrogens with zero attached hydrogens (tertiary/aromatic N) is 1. The molecule has 2 heterocycles. The molecule has 7 heteroatoms. The van der Waals surface area contributed by atoms with Gasteiger partial charge in [0.25, 0.3) is 0 Å². The highest BCUT2D eigenvalue weighted by molar-refractivity contribution is 5.94. The van der Waals surface area contributed by atoms with Crippen LogP contribution in [0.3, 0.4) is 0 Å². The number of benzene rings is 1. The first-order valence-corrected chi connectivity index (χ1v) is 7.86. The molecular formula is C17H19NO6. The van der Waals surface area contributed by atoms with Crippen LogP contribution in [-0.2, 0) is 16.0 Å². The summed E-state index contributed by atoms with van der Waals surface area (Å²) >= 11 is 0. The second-order valence-corrected chi connectivity index (χ2v) is 5.55. The van der Waals surface area contributed by atoms with E-state index in [0.29, 0.717) is 30.7 Å². The SMILES string of the molecule is CCOC(=O)c1cc2ccc(CN3CCOCC3)c(O)c2oc1=O. The van der Waals surface area contributed by atoms with Gasteiger partial charge in [-0.15, -0.1) is 0 Å². The highest BCUT2D eigenvalue weighted by atomic mass is 16.5. The molecular weight excluding hydrogens is 314 g/mol. The van der Waals surface area contributed by atoms with E-state index in [9.17, 15) is 14.7 Å². The predicted molar refractivity (Wildman–Crippen MR) is 86.2 cm³/mol. The highest BCUT2D eigenvalue weighted by Crippen LogP contribution is 2.29. The van der Waals surface area contributed by atoms with Crippen molar-refractivity contribution >= 4 is 16.9 Å². The van der Waals surface area contributed by atoms with Crippen LogP contribution in [0.2, 0.25) is 0 Å². The number of hydrogen-bond donors (Lipinski definition) is 1. The van der Waals surface area contributed by atoms with Crippen molar-refractivity contribution in [3.8, 4) is 5.75 Å². The number of carbonyl (C=O) groups is 1. The number of phenols is 1. The van der Waals surface area contributed by atoms with E-state index in [0.717, 1.165) is 13.1 Å². The minimum Gasteiger partial charge on any atom is -0.504 e. The largest absolute Gasteiger partial charge is 0.504 e. The van der Waals surface area contributed by atoms with E-state index in [-0.39, 0.29) is 23.5 Å². The third-order valence-corrected chi connectivity index (χ3v) is 3.95. The van der Waals surface area contributed by atoms with Gasteiger partial charge in [0.1, 0.15) is 5.56 Å². The Kier molecular flexibility index (Phi) is 4.82. The number of ether oxygens (including phenoxy) is 2. The number of morpholine rings is 1. The maximum Gasteiger partial charge on any atom is 0.351 e. The Hall–Kier alpha value is -2.38. The van der Waals surface area contributed by atoms with Crippen molar-refractivity contribution in [1.82, 2.24) is 4.90 Å². The summed E-state index contributed by atoms with van der Waals surface area (Å²) in [6, 6.07) is 4.87. The summed E-state index contributed by atoms with van der Waals surface area (Å²) in [5.41, 5.74) is -0.250. The van der Waals surface area contributed by atoms with Gasteiger partial charge < -0.3 is 19.0 Å². The smallest absolute Gasteiger partial charge is 0.351 e.